The Morgan fingerprint density at radius 1 is 1.30 bits per heavy atom. The molecule has 0 saturated carbocycles. The number of H-pyrrole nitrogens is 1. The number of hydrogen-bond acceptors (Lipinski definition) is 3. The number of nitrogens with one attached hydrogen (secondary N) is 3. The van der Waals surface area contributed by atoms with Gasteiger partial charge in [-0.15, -0.1) is 0 Å². The summed E-state index contributed by atoms with van der Waals surface area (Å²) < 4.78 is 5.21. The Hall–Kier alpha value is -2.34. The summed E-state index contributed by atoms with van der Waals surface area (Å²) in [5.74, 6) is 0. The summed E-state index contributed by atoms with van der Waals surface area (Å²) in [6, 6.07) is 9.40. The van der Waals surface area contributed by atoms with Crippen LogP contribution in [0.1, 0.15) is 6.42 Å². The number of benzene rings is 1. The largest absolute Gasteiger partial charge is 0.379 e. The molecule has 20 heavy (non-hydrogen) atoms. The Morgan fingerprint density at radius 3 is 2.80 bits per heavy atom. The summed E-state index contributed by atoms with van der Waals surface area (Å²) in [5, 5.41) is 12.5. The van der Waals surface area contributed by atoms with Crippen LogP contribution >= 0.6 is 0 Å². The van der Waals surface area contributed by atoms with Crippen molar-refractivity contribution in [1.82, 2.24) is 15.5 Å². The zero-order valence-corrected chi connectivity index (χ0v) is 10.9. The second-order valence-corrected chi connectivity index (χ2v) is 4.71. The van der Waals surface area contributed by atoms with E-state index in [1.54, 1.807) is 6.20 Å². The number of urea groups is 1. The minimum atomic E-state index is -0.199. The molecule has 104 valence electrons. The highest BCUT2D eigenvalue weighted by atomic mass is 16.5. The molecule has 6 heteroatoms. The number of aromatic amines is 1. The Bertz CT molecular complexity index is 559. The first-order valence-corrected chi connectivity index (χ1v) is 6.56. The van der Waals surface area contributed by atoms with Crippen LogP contribution in [0.15, 0.2) is 36.5 Å². The second kappa shape index (κ2) is 5.75. The van der Waals surface area contributed by atoms with Crippen molar-refractivity contribution in [3.8, 4) is 11.3 Å². The fraction of sp³-hybridized carbons (Fsp3) is 0.286. The molecule has 2 aromatic rings. The van der Waals surface area contributed by atoms with Gasteiger partial charge in [0.15, 0.2) is 0 Å². The number of anilines is 1. The highest BCUT2D eigenvalue weighted by Gasteiger charge is 2.17. The maximum Gasteiger partial charge on any atom is 0.319 e. The third kappa shape index (κ3) is 2.97. The van der Waals surface area contributed by atoms with Crippen molar-refractivity contribution in [2.75, 3.05) is 18.5 Å². The van der Waals surface area contributed by atoms with Gasteiger partial charge in [-0.25, -0.2) is 4.79 Å². The summed E-state index contributed by atoms with van der Waals surface area (Å²) >= 11 is 0. The Labute approximate surface area is 116 Å². The number of carbonyl (C=O) groups excluding carboxylic acids is 1. The molecule has 1 aromatic heterocycles. The lowest BCUT2D eigenvalue weighted by atomic mass is 10.1. The van der Waals surface area contributed by atoms with Crippen molar-refractivity contribution in [2.45, 2.75) is 12.5 Å². The minimum Gasteiger partial charge on any atom is -0.379 e. The highest BCUT2D eigenvalue weighted by Crippen LogP contribution is 2.18. The van der Waals surface area contributed by atoms with Gasteiger partial charge in [-0.3, -0.25) is 5.10 Å². The number of carbonyl (C=O) groups is 1. The molecule has 1 aliphatic rings. The van der Waals surface area contributed by atoms with Gasteiger partial charge in [0.25, 0.3) is 0 Å². The predicted octanol–water partition coefficient (Wildman–Crippen LogP) is 1.99. The fourth-order valence-corrected chi connectivity index (χ4v) is 2.15. The third-order valence-corrected chi connectivity index (χ3v) is 3.22. The lowest BCUT2D eigenvalue weighted by molar-refractivity contribution is 0.189. The zero-order valence-electron chi connectivity index (χ0n) is 10.9. The van der Waals surface area contributed by atoms with E-state index in [2.05, 4.69) is 20.8 Å². The summed E-state index contributed by atoms with van der Waals surface area (Å²) in [6.45, 7) is 1.30. The number of nitrogens with zero attached hydrogens (tertiary/aromatic N) is 1. The second-order valence-electron chi connectivity index (χ2n) is 4.71. The van der Waals surface area contributed by atoms with Crippen LogP contribution < -0.4 is 10.6 Å². The molecule has 0 spiro atoms. The average Bonchev–Trinajstić information content (AvgIpc) is 3.12. The van der Waals surface area contributed by atoms with E-state index in [0.717, 1.165) is 23.4 Å². The molecule has 1 aromatic carbocycles. The van der Waals surface area contributed by atoms with Gasteiger partial charge in [0.05, 0.1) is 18.3 Å². The van der Waals surface area contributed by atoms with Crippen molar-refractivity contribution in [2.24, 2.45) is 0 Å². The Morgan fingerprint density at radius 2 is 2.15 bits per heavy atom. The maximum atomic E-state index is 11.8. The monoisotopic (exact) mass is 272 g/mol. The van der Waals surface area contributed by atoms with Crippen molar-refractivity contribution in [3.63, 3.8) is 0 Å². The van der Waals surface area contributed by atoms with Crippen LogP contribution in [0.5, 0.6) is 0 Å². The molecule has 3 rings (SSSR count). The van der Waals surface area contributed by atoms with Gasteiger partial charge in [0.1, 0.15) is 0 Å². The molecule has 1 aliphatic heterocycles. The van der Waals surface area contributed by atoms with Crippen molar-refractivity contribution >= 4 is 11.7 Å². The molecule has 0 bridgehead atoms. The lowest BCUT2D eigenvalue weighted by Gasteiger charge is -2.12. The molecule has 0 aliphatic carbocycles. The molecular formula is C14H16N4O2. The van der Waals surface area contributed by atoms with E-state index < -0.39 is 0 Å². The van der Waals surface area contributed by atoms with E-state index in [4.69, 9.17) is 4.74 Å². The number of aromatic nitrogens is 2. The van der Waals surface area contributed by atoms with E-state index in [9.17, 15) is 4.79 Å². The normalized spacial score (nSPS) is 17.9. The predicted molar refractivity (Wildman–Crippen MR) is 75.4 cm³/mol. The molecule has 2 heterocycles. The Kier molecular flexibility index (Phi) is 3.64. The highest BCUT2D eigenvalue weighted by molar-refractivity contribution is 5.89. The smallest absolute Gasteiger partial charge is 0.319 e. The zero-order chi connectivity index (χ0) is 13.8. The molecule has 2 amide bonds. The van der Waals surface area contributed by atoms with E-state index in [-0.39, 0.29) is 12.1 Å². The summed E-state index contributed by atoms with van der Waals surface area (Å²) in [7, 11) is 0. The molecule has 3 N–H and O–H groups in total. The van der Waals surface area contributed by atoms with E-state index >= 15 is 0 Å². The first kappa shape index (κ1) is 12.7. The number of hydrogen-bond donors (Lipinski definition) is 3. The van der Waals surface area contributed by atoms with Crippen molar-refractivity contribution in [3.05, 3.63) is 36.5 Å². The summed E-state index contributed by atoms with van der Waals surface area (Å²) in [6.07, 6.45) is 2.57. The van der Waals surface area contributed by atoms with E-state index in [1.165, 1.54) is 0 Å². The molecule has 1 unspecified atom stereocenters. The standard InChI is InChI=1S/C14H16N4O2/c19-14(17-12-6-8-20-9-12)16-11-3-1-10(2-4-11)13-5-7-15-18-13/h1-5,7,12H,6,8-9H2,(H,15,18)(H2,16,17,19). The topological polar surface area (TPSA) is 79.0 Å². The van der Waals surface area contributed by atoms with Gasteiger partial charge in [-0.1, -0.05) is 12.1 Å². The van der Waals surface area contributed by atoms with Gasteiger partial charge in [-0.05, 0) is 30.2 Å². The molecule has 1 fully saturated rings. The maximum absolute atomic E-state index is 11.8. The van der Waals surface area contributed by atoms with Crippen LogP contribution in [0.25, 0.3) is 11.3 Å². The van der Waals surface area contributed by atoms with Crippen LogP contribution in [0.4, 0.5) is 10.5 Å². The van der Waals surface area contributed by atoms with Crippen LogP contribution in [-0.4, -0.2) is 35.5 Å². The van der Waals surface area contributed by atoms with Gasteiger partial charge in [0.2, 0.25) is 0 Å². The van der Waals surface area contributed by atoms with Crippen LogP contribution in [0.3, 0.4) is 0 Å². The summed E-state index contributed by atoms with van der Waals surface area (Å²) in [4.78, 5) is 11.8. The molecule has 0 radical (unpaired) electrons. The molecule has 1 atom stereocenters. The number of ether oxygens (including phenoxy) is 1. The third-order valence-electron chi connectivity index (χ3n) is 3.22. The molecule has 1 saturated heterocycles. The van der Waals surface area contributed by atoms with Crippen LogP contribution in [-0.2, 0) is 4.74 Å². The average molecular weight is 272 g/mol. The minimum absolute atomic E-state index is 0.110. The van der Waals surface area contributed by atoms with Gasteiger partial charge < -0.3 is 15.4 Å². The number of amides is 2. The first-order chi connectivity index (χ1) is 9.81. The SMILES string of the molecule is O=C(Nc1ccc(-c2ccn[nH]2)cc1)NC1CCOC1. The molecule has 6 nitrogen and oxygen atoms in total. The fourth-order valence-electron chi connectivity index (χ4n) is 2.15. The van der Waals surface area contributed by atoms with Crippen molar-refractivity contribution < 1.29 is 9.53 Å². The lowest BCUT2D eigenvalue weighted by Crippen LogP contribution is -2.38. The summed E-state index contributed by atoms with van der Waals surface area (Å²) in [5.41, 5.74) is 2.73. The van der Waals surface area contributed by atoms with Gasteiger partial charge in [-0.2, -0.15) is 5.10 Å². The van der Waals surface area contributed by atoms with E-state index in [0.29, 0.717) is 13.2 Å². The first-order valence-electron chi connectivity index (χ1n) is 6.56. The van der Waals surface area contributed by atoms with Crippen LogP contribution in [0, 0.1) is 0 Å². The van der Waals surface area contributed by atoms with Crippen LogP contribution in [0.2, 0.25) is 0 Å². The quantitative estimate of drug-likeness (QED) is 0.799. The Balaban J connectivity index is 1.59. The van der Waals surface area contributed by atoms with Crippen molar-refractivity contribution in [1.29, 1.82) is 0 Å². The van der Waals surface area contributed by atoms with E-state index in [1.807, 2.05) is 30.3 Å². The number of rotatable bonds is 3. The van der Waals surface area contributed by atoms with Gasteiger partial charge >= 0.3 is 6.03 Å². The van der Waals surface area contributed by atoms with Gasteiger partial charge in [0, 0.05) is 18.5 Å². The molecular weight excluding hydrogens is 256 g/mol.